The second kappa shape index (κ2) is 12.9. The summed E-state index contributed by atoms with van der Waals surface area (Å²) in [6.45, 7) is 5.71. The lowest BCUT2D eigenvalue weighted by atomic mass is 10.1. The van der Waals surface area contributed by atoms with Crippen molar-refractivity contribution < 1.29 is 14.4 Å². The Morgan fingerprint density at radius 2 is 1.37 bits per heavy atom. The molecule has 0 aromatic heterocycles. The zero-order chi connectivity index (χ0) is 19.6. The highest BCUT2D eigenvalue weighted by Crippen LogP contribution is 2.23. The van der Waals surface area contributed by atoms with E-state index < -0.39 is 0 Å². The first kappa shape index (κ1) is 23.7. The molecule has 0 radical (unpaired) electrons. The van der Waals surface area contributed by atoms with Crippen LogP contribution in [0.15, 0.2) is 12.2 Å². The van der Waals surface area contributed by atoms with Gasteiger partial charge in [-0.3, -0.25) is 19.3 Å². The van der Waals surface area contributed by atoms with E-state index in [1.165, 1.54) is 17.1 Å². The Kier molecular flexibility index (Phi) is 11.3. The topological polar surface area (TPSA) is 64.2 Å². The van der Waals surface area contributed by atoms with Gasteiger partial charge in [0, 0.05) is 107 Å². The van der Waals surface area contributed by atoms with Crippen LogP contribution >= 0.6 is 60.6 Å². The quantitative estimate of drug-likeness (QED) is 0.176. The molecule has 2 rings (SSSR count). The molecule has 0 aliphatic carbocycles. The van der Waals surface area contributed by atoms with Crippen molar-refractivity contribution in [3.8, 4) is 0 Å². The Labute approximate surface area is 193 Å². The van der Waals surface area contributed by atoms with Crippen LogP contribution in [0.2, 0.25) is 0 Å². The lowest BCUT2D eigenvalue weighted by Crippen LogP contribution is -2.38. The largest absolute Gasteiger partial charge is 0.340 e. The van der Waals surface area contributed by atoms with Gasteiger partial charge in [0.1, 0.15) is 0 Å². The number of imide groups is 1. The van der Waals surface area contributed by atoms with E-state index >= 15 is 0 Å². The van der Waals surface area contributed by atoms with E-state index in [1.807, 2.05) is 4.90 Å². The SMILES string of the molecule is O=C(CCCCCN1C(=O)C=CC1=O)N1CCN(SI)CCN(SI)CC1. The fourth-order valence-electron chi connectivity index (χ4n) is 2.94. The van der Waals surface area contributed by atoms with E-state index in [1.54, 1.807) is 18.2 Å². The summed E-state index contributed by atoms with van der Waals surface area (Å²) in [7, 11) is 3.41. The summed E-state index contributed by atoms with van der Waals surface area (Å²) in [6.07, 6.45) is 5.51. The van der Waals surface area contributed by atoms with Crippen LogP contribution < -0.4 is 0 Å². The lowest BCUT2D eigenvalue weighted by molar-refractivity contribution is -0.137. The van der Waals surface area contributed by atoms with Crippen molar-refractivity contribution in [3.05, 3.63) is 12.2 Å². The minimum Gasteiger partial charge on any atom is -0.340 e. The first-order valence-electron chi connectivity index (χ1n) is 8.93. The van der Waals surface area contributed by atoms with Crippen molar-refractivity contribution in [2.75, 3.05) is 45.8 Å². The van der Waals surface area contributed by atoms with Gasteiger partial charge in [-0.25, -0.2) is 8.61 Å². The molecule has 11 heteroatoms. The van der Waals surface area contributed by atoms with Crippen molar-refractivity contribution in [1.82, 2.24) is 18.4 Å². The molecule has 0 bridgehead atoms. The van der Waals surface area contributed by atoms with E-state index in [0.717, 1.165) is 58.5 Å². The van der Waals surface area contributed by atoms with Gasteiger partial charge in [0.05, 0.1) is 0 Å². The van der Waals surface area contributed by atoms with Gasteiger partial charge in [-0.05, 0) is 31.1 Å². The third-order valence-electron chi connectivity index (χ3n) is 4.56. The van der Waals surface area contributed by atoms with Gasteiger partial charge in [0.25, 0.3) is 11.8 Å². The predicted molar refractivity (Wildman–Crippen MR) is 127 cm³/mol. The van der Waals surface area contributed by atoms with Crippen LogP contribution in [0.25, 0.3) is 0 Å². The summed E-state index contributed by atoms with van der Waals surface area (Å²) in [4.78, 5) is 38.9. The van der Waals surface area contributed by atoms with Crippen LogP contribution in [-0.2, 0) is 14.4 Å². The van der Waals surface area contributed by atoms with Crippen LogP contribution in [0.3, 0.4) is 0 Å². The van der Waals surface area contributed by atoms with Gasteiger partial charge in [-0.15, -0.1) is 0 Å². The van der Waals surface area contributed by atoms with Crippen LogP contribution in [0.1, 0.15) is 25.7 Å². The van der Waals surface area contributed by atoms with Crippen LogP contribution in [0, 0.1) is 0 Å². The van der Waals surface area contributed by atoms with Gasteiger partial charge in [-0.1, -0.05) is 6.42 Å². The van der Waals surface area contributed by atoms with E-state index in [9.17, 15) is 14.4 Å². The molecule has 2 aliphatic heterocycles. The molecule has 27 heavy (non-hydrogen) atoms. The second-order valence-electron chi connectivity index (χ2n) is 6.35. The molecule has 0 unspecified atom stereocenters. The summed E-state index contributed by atoms with van der Waals surface area (Å²) < 4.78 is 4.59. The molecule has 1 saturated heterocycles. The van der Waals surface area contributed by atoms with Crippen molar-refractivity contribution >= 4 is 78.4 Å². The maximum atomic E-state index is 12.6. The van der Waals surface area contributed by atoms with Crippen LogP contribution in [-0.4, -0.2) is 81.9 Å². The molecule has 0 atom stereocenters. The summed E-state index contributed by atoms with van der Waals surface area (Å²) in [6, 6.07) is 0. The predicted octanol–water partition coefficient (Wildman–Crippen LogP) is 2.91. The molecule has 3 amide bonds. The average Bonchev–Trinajstić information content (AvgIpc) is 3.04. The van der Waals surface area contributed by atoms with E-state index in [4.69, 9.17) is 0 Å². The summed E-state index contributed by atoms with van der Waals surface area (Å²) in [5.41, 5.74) is 0. The van der Waals surface area contributed by atoms with Gasteiger partial charge >= 0.3 is 0 Å². The first-order valence-corrected chi connectivity index (χ1v) is 15.6. The van der Waals surface area contributed by atoms with E-state index in [2.05, 4.69) is 51.0 Å². The number of carbonyl (C=O) groups is 3. The van der Waals surface area contributed by atoms with Crippen LogP contribution in [0.4, 0.5) is 0 Å². The number of unbranched alkanes of at least 4 members (excludes halogenated alkanes) is 2. The number of halogens is 2. The highest BCUT2D eigenvalue weighted by atomic mass is 127. The first-order chi connectivity index (χ1) is 13.0. The Balaban J connectivity index is 1.71. The van der Waals surface area contributed by atoms with Gasteiger partial charge < -0.3 is 4.90 Å². The number of hydrogen-bond donors (Lipinski definition) is 0. The number of rotatable bonds is 8. The molecular weight excluding hydrogens is 614 g/mol. The van der Waals surface area contributed by atoms with Crippen molar-refractivity contribution in [3.63, 3.8) is 0 Å². The van der Waals surface area contributed by atoms with Gasteiger partial charge in [0.15, 0.2) is 0 Å². The third kappa shape index (κ3) is 7.99. The Hall–Kier alpha value is 0.430. The minimum absolute atomic E-state index is 0.198. The Morgan fingerprint density at radius 1 is 0.852 bits per heavy atom. The highest BCUT2D eigenvalue weighted by Gasteiger charge is 2.23. The average molecular weight is 638 g/mol. The number of carbonyl (C=O) groups excluding carboxylic acids is 3. The standard InChI is InChI=1S/C16H24I2N4O3S2/c17-26-20-10-8-19(9-11-21(27-18)13-12-20)14(23)4-2-1-3-7-22-15(24)5-6-16(22)25/h5-6H,1-4,7-13H2. The van der Waals surface area contributed by atoms with Crippen molar-refractivity contribution in [1.29, 1.82) is 0 Å². The molecule has 0 saturated carbocycles. The Morgan fingerprint density at radius 3 is 1.89 bits per heavy atom. The fraction of sp³-hybridized carbons (Fsp3) is 0.688. The van der Waals surface area contributed by atoms with Crippen LogP contribution in [0.5, 0.6) is 0 Å². The van der Waals surface area contributed by atoms with Gasteiger partial charge in [-0.2, -0.15) is 0 Å². The number of hydrogen-bond acceptors (Lipinski definition) is 7. The molecule has 152 valence electrons. The summed E-state index contributed by atoms with van der Waals surface area (Å²) in [5.74, 6) is -0.269. The monoisotopic (exact) mass is 638 g/mol. The normalized spacial score (nSPS) is 20.1. The zero-order valence-electron chi connectivity index (χ0n) is 15.0. The zero-order valence-corrected chi connectivity index (χ0v) is 21.0. The molecule has 0 aromatic rings. The van der Waals surface area contributed by atoms with Crippen molar-refractivity contribution in [2.24, 2.45) is 0 Å². The highest BCUT2D eigenvalue weighted by molar-refractivity contribution is 14.2. The maximum absolute atomic E-state index is 12.6. The Bertz CT molecular complexity index is 534. The maximum Gasteiger partial charge on any atom is 0.253 e. The molecule has 2 heterocycles. The molecule has 1 fully saturated rings. The fourth-order valence-corrected chi connectivity index (χ4v) is 5.91. The number of nitrogens with zero attached hydrogens (tertiary/aromatic N) is 4. The second-order valence-corrected chi connectivity index (χ2v) is 10.0. The molecule has 7 nitrogen and oxygen atoms in total. The van der Waals surface area contributed by atoms with E-state index in [-0.39, 0.29) is 17.7 Å². The molecule has 0 spiro atoms. The van der Waals surface area contributed by atoms with E-state index in [0.29, 0.717) is 13.0 Å². The minimum atomic E-state index is -0.233. The van der Waals surface area contributed by atoms with Crippen molar-refractivity contribution in [2.45, 2.75) is 25.7 Å². The molecule has 2 aliphatic rings. The summed E-state index contributed by atoms with van der Waals surface area (Å²) >= 11 is 4.60. The lowest BCUT2D eigenvalue weighted by Gasteiger charge is -2.24. The molecular formula is C16H24I2N4O3S2. The smallest absolute Gasteiger partial charge is 0.253 e. The summed E-state index contributed by atoms with van der Waals surface area (Å²) in [5, 5.41) is 0. The molecule has 0 N–H and O–H groups in total. The molecule has 0 aromatic carbocycles. The number of amides is 3. The third-order valence-corrected chi connectivity index (χ3v) is 9.02. The van der Waals surface area contributed by atoms with Gasteiger partial charge in [0.2, 0.25) is 5.91 Å².